The second-order valence-corrected chi connectivity index (χ2v) is 6.81. The summed E-state index contributed by atoms with van der Waals surface area (Å²) in [7, 11) is 0. The lowest BCUT2D eigenvalue weighted by molar-refractivity contribution is -0.122. The second-order valence-electron chi connectivity index (χ2n) is 5.82. The molecule has 0 N–H and O–H groups in total. The van der Waals surface area contributed by atoms with Gasteiger partial charge < -0.3 is 4.74 Å². The molecule has 26 heavy (non-hydrogen) atoms. The first-order valence-corrected chi connectivity index (χ1v) is 8.86. The molecule has 1 aliphatic heterocycles. The number of hydrogen-bond donors (Lipinski definition) is 0. The Bertz CT molecular complexity index is 892. The van der Waals surface area contributed by atoms with Crippen LogP contribution in [0.25, 0.3) is 6.08 Å². The van der Waals surface area contributed by atoms with Gasteiger partial charge in [0, 0.05) is 0 Å². The molecule has 0 aromatic heterocycles. The minimum Gasteiger partial charge on any atom is -0.489 e. The minimum atomic E-state index is -0.349. The molecule has 5 heteroatoms. The van der Waals surface area contributed by atoms with Crippen molar-refractivity contribution in [2.45, 2.75) is 13.5 Å². The summed E-state index contributed by atoms with van der Waals surface area (Å²) >= 11 is 0.901. The van der Waals surface area contributed by atoms with Gasteiger partial charge in [-0.2, -0.15) is 0 Å². The maximum Gasteiger partial charge on any atom is 0.294 e. The third kappa shape index (κ3) is 4.16. The molecule has 130 valence electrons. The predicted octanol–water partition coefficient (Wildman–Crippen LogP) is 4.24. The molecule has 2 aromatic rings. The Morgan fingerprint density at radius 2 is 1.81 bits per heavy atom. The molecule has 1 saturated heterocycles. The number of aryl methyl sites for hydroxylation is 1. The van der Waals surface area contributed by atoms with Crippen LogP contribution in [0, 0.1) is 19.3 Å². The third-order valence-corrected chi connectivity index (χ3v) is 4.73. The molecule has 0 atom stereocenters. The highest BCUT2D eigenvalue weighted by molar-refractivity contribution is 8.18. The summed E-state index contributed by atoms with van der Waals surface area (Å²) < 4.78 is 5.77. The van der Waals surface area contributed by atoms with E-state index in [4.69, 9.17) is 11.2 Å². The fourth-order valence-corrected chi connectivity index (χ4v) is 3.23. The first kappa shape index (κ1) is 17.8. The van der Waals surface area contributed by atoms with Gasteiger partial charge in [-0.3, -0.25) is 14.5 Å². The molecule has 3 rings (SSSR count). The molecular formula is C21H17NO3S. The molecule has 1 heterocycles. The zero-order valence-corrected chi connectivity index (χ0v) is 15.1. The molecule has 0 radical (unpaired) electrons. The number of terminal acetylenes is 1. The van der Waals surface area contributed by atoms with Crippen molar-refractivity contribution in [3.05, 3.63) is 70.1 Å². The molecule has 1 aliphatic rings. The van der Waals surface area contributed by atoms with Crippen LogP contribution < -0.4 is 4.74 Å². The Kier molecular flexibility index (Phi) is 5.45. The molecule has 0 bridgehead atoms. The molecule has 0 unspecified atom stereocenters. The highest BCUT2D eigenvalue weighted by atomic mass is 32.2. The van der Waals surface area contributed by atoms with Crippen molar-refractivity contribution in [3.8, 4) is 18.1 Å². The highest BCUT2D eigenvalue weighted by Gasteiger charge is 2.34. The van der Waals surface area contributed by atoms with Gasteiger partial charge in [-0.1, -0.05) is 47.9 Å². The lowest BCUT2D eigenvalue weighted by Crippen LogP contribution is -2.28. The van der Waals surface area contributed by atoms with Crippen molar-refractivity contribution >= 4 is 29.0 Å². The van der Waals surface area contributed by atoms with Crippen LogP contribution in [0.15, 0.2) is 53.4 Å². The SMILES string of the molecule is C#CCN1C(=O)S/C(=C/c2ccc(OCc3ccc(C)cc3)cc2)C1=O. The van der Waals surface area contributed by atoms with Crippen molar-refractivity contribution in [2.24, 2.45) is 0 Å². The third-order valence-electron chi connectivity index (χ3n) is 3.83. The first-order valence-electron chi connectivity index (χ1n) is 8.04. The summed E-state index contributed by atoms with van der Waals surface area (Å²) in [5, 5.41) is -0.336. The smallest absolute Gasteiger partial charge is 0.294 e. The van der Waals surface area contributed by atoms with E-state index in [1.807, 2.05) is 43.3 Å². The van der Waals surface area contributed by atoms with E-state index >= 15 is 0 Å². The van der Waals surface area contributed by atoms with Crippen LogP contribution in [0.3, 0.4) is 0 Å². The number of ether oxygens (including phenoxy) is 1. The average molecular weight is 363 g/mol. The molecule has 0 saturated carbocycles. The van der Waals surface area contributed by atoms with Crippen LogP contribution in [0.1, 0.15) is 16.7 Å². The summed E-state index contributed by atoms with van der Waals surface area (Å²) in [6.07, 6.45) is 6.87. The van der Waals surface area contributed by atoms with E-state index in [2.05, 4.69) is 18.1 Å². The summed E-state index contributed by atoms with van der Waals surface area (Å²) in [4.78, 5) is 25.4. The van der Waals surface area contributed by atoms with Crippen molar-refractivity contribution in [3.63, 3.8) is 0 Å². The van der Waals surface area contributed by atoms with Gasteiger partial charge in [0.25, 0.3) is 11.1 Å². The topological polar surface area (TPSA) is 46.6 Å². The summed E-state index contributed by atoms with van der Waals surface area (Å²) in [5.41, 5.74) is 3.13. The first-order chi connectivity index (χ1) is 12.6. The quantitative estimate of drug-likeness (QED) is 0.589. The van der Waals surface area contributed by atoms with E-state index in [1.165, 1.54) is 5.56 Å². The van der Waals surface area contributed by atoms with Crippen LogP contribution in [0.2, 0.25) is 0 Å². The standard InChI is InChI=1S/C21H17NO3S/c1-3-12-22-20(23)19(26-21(22)24)13-16-8-10-18(11-9-16)25-14-17-6-4-15(2)5-7-17/h1,4-11,13H,12,14H2,2H3/b19-13+. The number of benzene rings is 2. The monoisotopic (exact) mass is 363 g/mol. The largest absolute Gasteiger partial charge is 0.489 e. The van der Waals surface area contributed by atoms with Crippen LogP contribution in [-0.2, 0) is 11.4 Å². The highest BCUT2D eigenvalue weighted by Crippen LogP contribution is 2.32. The van der Waals surface area contributed by atoms with Gasteiger partial charge in [0.05, 0.1) is 11.4 Å². The normalized spacial score (nSPS) is 15.4. The Labute approximate surface area is 156 Å². The average Bonchev–Trinajstić information content (AvgIpc) is 2.90. The number of nitrogens with zero attached hydrogens (tertiary/aromatic N) is 1. The number of rotatable bonds is 5. The van der Waals surface area contributed by atoms with Crippen molar-refractivity contribution in [1.82, 2.24) is 4.90 Å². The molecular weight excluding hydrogens is 346 g/mol. The number of carbonyl (C=O) groups is 2. The van der Waals surface area contributed by atoms with E-state index in [9.17, 15) is 9.59 Å². The molecule has 0 aliphatic carbocycles. The van der Waals surface area contributed by atoms with E-state index in [1.54, 1.807) is 6.08 Å². The predicted molar refractivity (Wildman–Crippen MR) is 103 cm³/mol. The van der Waals surface area contributed by atoms with Gasteiger partial charge in [0.1, 0.15) is 12.4 Å². The van der Waals surface area contributed by atoms with E-state index in [-0.39, 0.29) is 17.7 Å². The van der Waals surface area contributed by atoms with E-state index in [0.717, 1.165) is 33.5 Å². The molecule has 2 aromatic carbocycles. The molecule has 2 amide bonds. The minimum absolute atomic E-state index is 0.00616. The van der Waals surface area contributed by atoms with Crippen molar-refractivity contribution in [2.75, 3.05) is 6.54 Å². The number of carbonyl (C=O) groups excluding carboxylic acids is 2. The number of amides is 2. The van der Waals surface area contributed by atoms with Gasteiger partial charge in [-0.25, -0.2) is 0 Å². The van der Waals surface area contributed by atoms with Crippen LogP contribution >= 0.6 is 11.8 Å². The van der Waals surface area contributed by atoms with Crippen molar-refractivity contribution < 1.29 is 14.3 Å². The molecule has 4 nitrogen and oxygen atoms in total. The summed E-state index contributed by atoms with van der Waals surface area (Å²) in [6.45, 7) is 2.53. The van der Waals surface area contributed by atoms with Crippen molar-refractivity contribution in [1.29, 1.82) is 0 Å². The van der Waals surface area contributed by atoms with Gasteiger partial charge >= 0.3 is 0 Å². The maximum absolute atomic E-state index is 12.2. The Morgan fingerprint density at radius 3 is 2.46 bits per heavy atom. The number of hydrogen-bond acceptors (Lipinski definition) is 4. The Morgan fingerprint density at radius 1 is 1.12 bits per heavy atom. The lowest BCUT2D eigenvalue weighted by atomic mass is 10.1. The Balaban J connectivity index is 1.64. The van der Waals surface area contributed by atoms with Gasteiger partial charge in [-0.05, 0) is 48.0 Å². The lowest BCUT2D eigenvalue weighted by Gasteiger charge is -2.07. The summed E-state index contributed by atoms with van der Waals surface area (Å²) in [6, 6.07) is 15.5. The fraction of sp³-hybridized carbons (Fsp3) is 0.143. The zero-order valence-electron chi connectivity index (χ0n) is 14.3. The number of imide groups is 1. The van der Waals surface area contributed by atoms with E-state index in [0.29, 0.717) is 11.5 Å². The Hall–Kier alpha value is -2.97. The summed E-state index contributed by atoms with van der Waals surface area (Å²) in [5.74, 6) is 2.71. The zero-order chi connectivity index (χ0) is 18.5. The van der Waals surface area contributed by atoms with Gasteiger partial charge in [-0.15, -0.1) is 6.42 Å². The van der Waals surface area contributed by atoms with Crippen LogP contribution in [0.5, 0.6) is 5.75 Å². The van der Waals surface area contributed by atoms with Crippen LogP contribution in [0.4, 0.5) is 4.79 Å². The maximum atomic E-state index is 12.2. The molecule has 1 fully saturated rings. The van der Waals surface area contributed by atoms with Gasteiger partial charge in [0.2, 0.25) is 0 Å². The fourth-order valence-electron chi connectivity index (χ4n) is 2.39. The van der Waals surface area contributed by atoms with Crippen LogP contribution in [-0.4, -0.2) is 22.6 Å². The second kappa shape index (κ2) is 7.94. The van der Waals surface area contributed by atoms with E-state index < -0.39 is 0 Å². The molecule has 0 spiro atoms. The van der Waals surface area contributed by atoms with Gasteiger partial charge in [0.15, 0.2) is 0 Å². The number of thioether (sulfide) groups is 1.